The van der Waals surface area contributed by atoms with Crippen molar-refractivity contribution in [2.75, 3.05) is 6.61 Å². The molecular formula is C25H29BrClN3O3. The summed E-state index contributed by atoms with van der Waals surface area (Å²) in [6.07, 6.45) is 3.27. The van der Waals surface area contributed by atoms with Crippen molar-refractivity contribution in [3.05, 3.63) is 61.6 Å². The van der Waals surface area contributed by atoms with E-state index in [1.807, 2.05) is 45.9 Å². The minimum absolute atomic E-state index is 0.000822. The highest BCUT2D eigenvalue weighted by Crippen LogP contribution is 2.37. The minimum Gasteiger partial charge on any atom is -0.490 e. The van der Waals surface area contributed by atoms with Crippen molar-refractivity contribution in [1.29, 1.82) is 0 Å². The monoisotopic (exact) mass is 533 g/mol. The number of nitrogens with zero attached hydrogens (tertiary/aromatic N) is 3. The quantitative estimate of drug-likeness (QED) is 0.284. The summed E-state index contributed by atoms with van der Waals surface area (Å²) in [5, 5.41) is 5.45. The van der Waals surface area contributed by atoms with Gasteiger partial charge in [0, 0.05) is 10.4 Å². The average Bonchev–Trinajstić information content (AvgIpc) is 2.80. The maximum absolute atomic E-state index is 13.3. The molecule has 2 atom stereocenters. The predicted molar refractivity (Wildman–Crippen MR) is 138 cm³/mol. The van der Waals surface area contributed by atoms with Crippen LogP contribution in [0.1, 0.15) is 64.8 Å². The van der Waals surface area contributed by atoms with E-state index in [4.69, 9.17) is 26.1 Å². The van der Waals surface area contributed by atoms with Gasteiger partial charge in [-0.25, -0.2) is 4.98 Å². The topological polar surface area (TPSA) is 65.7 Å². The normalized spacial score (nSPS) is 13.4. The molecule has 176 valence electrons. The summed E-state index contributed by atoms with van der Waals surface area (Å²) in [4.78, 5) is 18.0. The zero-order chi connectivity index (χ0) is 24.1. The third-order valence-corrected chi connectivity index (χ3v) is 6.21. The molecule has 0 saturated carbocycles. The van der Waals surface area contributed by atoms with E-state index in [0.29, 0.717) is 45.4 Å². The van der Waals surface area contributed by atoms with Gasteiger partial charge in [0.05, 0.1) is 34.9 Å². The van der Waals surface area contributed by atoms with E-state index in [0.717, 1.165) is 17.3 Å². The van der Waals surface area contributed by atoms with Gasteiger partial charge in [0.15, 0.2) is 11.5 Å². The number of benzene rings is 2. The molecule has 1 heterocycles. The molecule has 0 fully saturated rings. The van der Waals surface area contributed by atoms with Gasteiger partial charge in [-0.15, -0.1) is 0 Å². The largest absolute Gasteiger partial charge is 0.490 e. The van der Waals surface area contributed by atoms with Crippen LogP contribution in [0.15, 0.2) is 44.7 Å². The molecular weight excluding hydrogens is 506 g/mol. The van der Waals surface area contributed by atoms with Crippen LogP contribution < -0.4 is 15.0 Å². The second-order valence-corrected chi connectivity index (χ2v) is 9.22. The zero-order valence-corrected chi connectivity index (χ0v) is 21.9. The zero-order valence-electron chi connectivity index (χ0n) is 19.6. The first-order valence-corrected chi connectivity index (χ1v) is 12.4. The van der Waals surface area contributed by atoms with Crippen molar-refractivity contribution in [2.45, 2.75) is 59.5 Å². The molecule has 3 aromatic rings. The summed E-state index contributed by atoms with van der Waals surface area (Å²) in [5.74, 6) is 1.72. The van der Waals surface area contributed by atoms with E-state index in [2.05, 4.69) is 28.0 Å². The number of fused-ring (bicyclic) bond motifs is 1. The van der Waals surface area contributed by atoms with E-state index in [1.165, 1.54) is 4.68 Å². The summed E-state index contributed by atoms with van der Waals surface area (Å²) in [5.41, 5.74) is 1.12. The summed E-state index contributed by atoms with van der Waals surface area (Å²) in [7, 11) is 0. The fourth-order valence-electron chi connectivity index (χ4n) is 3.23. The number of halogens is 2. The molecule has 0 aliphatic carbocycles. The van der Waals surface area contributed by atoms with E-state index >= 15 is 0 Å². The van der Waals surface area contributed by atoms with E-state index in [1.54, 1.807) is 18.3 Å². The highest BCUT2D eigenvalue weighted by atomic mass is 79.9. The molecule has 0 N–H and O–H groups in total. The number of rotatable bonds is 9. The SMILES string of the molecule is CCOc1cc(C=Nn2c([C@H](C)CC)nc3ccc(Br)cc3c2=O)cc(Cl)c1O[C@H](C)CC. The molecule has 33 heavy (non-hydrogen) atoms. The third-order valence-electron chi connectivity index (χ3n) is 5.43. The van der Waals surface area contributed by atoms with Gasteiger partial charge in [-0.1, -0.05) is 48.3 Å². The molecule has 0 amide bonds. The van der Waals surface area contributed by atoms with E-state index in [9.17, 15) is 4.79 Å². The molecule has 2 aromatic carbocycles. The van der Waals surface area contributed by atoms with Gasteiger partial charge in [0.2, 0.25) is 0 Å². The predicted octanol–water partition coefficient (Wildman–Crippen LogP) is 6.78. The van der Waals surface area contributed by atoms with Crippen molar-refractivity contribution in [3.63, 3.8) is 0 Å². The Labute approximate surface area is 207 Å². The standard InChI is InChI=1S/C25H29BrClN3O3/c1-6-15(4)24-29-21-10-9-18(26)13-19(21)25(31)30(24)28-14-17-11-20(27)23(33-16(5)7-2)22(12-17)32-8-3/h9-16H,6-8H2,1-5H3/t15-,16-/m1/s1. The van der Waals surface area contributed by atoms with Gasteiger partial charge >= 0.3 is 0 Å². The molecule has 3 rings (SSSR count). The van der Waals surface area contributed by atoms with Gasteiger partial charge in [-0.2, -0.15) is 9.78 Å². The van der Waals surface area contributed by atoms with Crippen molar-refractivity contribution in [3.8, 4) is 11.5 Å². The first-order valence-electron chi connectivity index (χ1n) is 11.2. The summed E-state index contributed by atoms with van der Waals surface area (Å²) in [6, 6.07) is 9.05. The molecule has 0 unspecified atom stereocenters. The lowest BCUT2D eigenvalue weighted by Crippen LogP contribution is -2.23. The third kappa shape index (κ3) is 5.76. The maximum atomic E-state index is 13.3. The van der Waals surface area contributed by atoms with Crippen molar-refractivity contribution >= 4 is 44.6 Å². The number of ether oxygens (including phenoxy) is 2. The summed E-state index contributed by atoms with van der Waals surface area (Å²) in [6.45, 7) is 10.5. The van der Waals surface area contributed by atoms with Crippen molar-refractivity contribution in [2.24, 2.45) is 5.10 Å². The Morgan fingerprint density at radius 1 is 1.18 bits per heavy atom. The Balaban J connectivity index is 2.11. The molecule has 0 aliphatic rings. The molecule has 0 bridgehead atoms. The van der Waals surface area contributed by atoms with Crippen LogP contribution in [-0.4, -0.2) is 28.6 Å². The van der Waals surface area contributed by atoms with Crippen LogP contribution in [-0.2, 0) is 0 Å². The van der Waals surface area contributed by atoms with E-state index < -0.39 is 0 Å². The summed E-state index contributed by atoms with van der Waals surface area (Å²) < 4.78 is 13.9. The minimum atomic E-state index is -0.222. The number of hydrogen-bond acceptors (Lipinski definition) is 5. The second-order valence-electron chi connectivity index (χ2n) is 7.90. The lowest BCUT2D eigenvalue weighted by atomic mass is 10.1. The number of aromatic nitrogens is 2. The second kappa shape index (κ2) is 11.2. The highest BCUT2D eigenvalue weighted by molar-refractivity contribution is 9.10. The molecule has 0 spiro atoms. The smallest absolute Gasteiger partial charge is 0.282 e. The Morgan fingerprint density at radius 3 is 2.61 bits per heavy atom. The van der Waals surface area contributed by atoms with Gasteiger partial charge in [0.1, 0.15) is 5.82 Å². The van der Waals surface area contributed by atoms with Crippen LogP contribution in [0.3, 0.4) is 0 Å². The summed E-state index contributed by atoms with van der Waals surface area (Å²) >= 11 is 9.96. The van der Waals surface area contributed by atoms with Crippen LogP contribution in [0.25, 0.3) is 10.9 Å². The Morgan fingerprint density at radius 2 is 1.94 bits per heavy atom. The van der Waals surface area contributed by atoms with Gasteiger partial charge < -0.3 is 9.47 Å². The Kier molecular flexibility index (Phi) is 8.54. The van der Waals surface area contributed by atoms with Crippen LogP contribution in [0.5, 0.6) is 11.5 Å². The lowest BCUT2D eigenvalue weighted by Gasteiger charge is -2.18. The van der Waals surface area contributed by atoms with Gasteiger partial charge in [-0.3, -0.25) is 4.79 Å². The van der Waals surface area contributed by atoms with Crippen molar-refractivity contribution in [1.82, 2.24) is 9.66 Å². The molecule has 0 saturated heterocycles. The van der Waals surface area contributed by atoms with Gasteiger partial charge in [-0.05, 0) is 62.6 Å². The molecule has 1 aromatic heterocycles. The van der Waals surface area contributed by atoms with E-state index in [-0.39, 0.29) is 17.6 Å². The van der Waals surface area contributed by atoms with Crippen molar-refractivity contribution < 1.29 is 9.47 Å². The number of hydrogen-bond donors (Lipinski definition) is 0. The molecule has 0 aliphatic heterocycles. The fourth-order valence-corrected chi connectivity index (χ4v) is 3.85. The Bertz CT molecular complexity index is 1230. The first kappa shape index (κ1) is 25.2. The first-order chi connectivity index (χ1) is 15.8. The van der Waals surface area contributed by atoms with Crippen LogP contribution in [0.2, 0.25) is 5.02 Å². The molecule has 0 radical (unpaired) electrons. The Hall–Kier alpha value is -2.38. The molecule has 8 heteroatoms. The highest BCUT2D eigenvalue weighted by Gasteiger charge is 2.17. The molecule has 6 nitrogen and oxygen atoms in total. The van der Waals surface area contributed by atoms with Crippen LogP contribution >= 0.6 is 27.5 Å². The van der Waals surface area contributed by atoms with Gasteiger partial charge in [0.25, 0.3) is 5.56 Å². The maximum Gasteiger partial charge on any atom is 0.282 e. The lowest BCUT2D eigenvalue weighted by molar-refractivity contribution is 0.203. The fraction of sp³-hybridized carbons (Fsp3) is 0.400. The van der Waals surface area contributed by atoms with Crippen LogP contribution in [0, 0.1) is 0 Å². The average molecular weight is 535 g/mol. The van der Waals surface area contributed by atoms with Crippen LogP contribution in [0.4, 0.5) is 0 Å².